The molecule has 1 aliphatic rings. The monoisotopic (exact) mass is 346 g/mol. The van der Waals surface area contributed by atoms with Crippen LogP contribution >= 0.6 is 15.9 Å². The molecule has 0 spiro atoms. The number of halogens is 2. The second-order valence-corrected chi connectivity index (χ2v) is 6.44. The first-order valence-electron chi connectivity index (χ1n) is 7.17. The highest BCUT2D eigenvalue weighted by molar-refractivity contribution is 9.10. The Morgan fingerprint density at radius 3 is 2.76 bits per heavy atom. The van der Waals surface area contributed by atoms with Gasteiger partial charge in [0.05, 0.1) is 0 Å². The molecule has 1 nitrogen and oxygen atoms in total. The Kier molecular flexibility index (Phi) is 4.20. The third-order valence-electron chi connectivity index (χ3n) is 4.17. The van der Waals surface area contributed by atoms with E-state index in [9.17, 15) is 9.18 Å². The number of fused-ring (bicyclic) bond motifs is 1. The van der Waals surface area contributed by atoms with Crippen molar-refractivity contribution in [3.63, 3.8) is 0 Å². The van der Waals surface area contributed by atoms with E-state index in [0.29, 0.717) is 6.42 Å². The first kappa shape index (κ1) is 14.5. The average Bonchev–Trinajstić information content (AvgIpc) is 2.50. The number of Topliss-reactive ketones (excluding diaryl/α,β-unsaturated/α-hetero) is 1. The van der Waals surface area contributed by atoms with Gasteiger partial charge in [0.2, 0.25) is 0 Å². The van der Waals surface area contributed by atoms with Crippen molar-refractivity contribution < 1.29 is 9.18 Å². The molecule has 21 heavy (non-hydrogen) atoms. The van der Waals surface area contributed by atoms with E-state index in [1.54, 1.807) is 6.07 Å². The molecule has 0 saturated carbocycles. The van der Waals surface area contributed by atoms with Crippen molar-refractivity contribution in [1.29, 1.82) is 0 Å². The van der Waals surface area contributed by atoms with Gasteiger partial charge in [-0.15, -0.1) is 0 Å². The van der Waals surface area contributed by atoms with Crippen LogP contribution < -0.4 is 0 Å². The Bertz CT molecular complexity index is 681. The summed E-state index contributed by atoms with van der Waals surface area (Å²) >= 11 is 3.39. The predicted octanol–water partition coefficient (Wildman–Crippen LogP) is 4.50. The van der Waals surface area contributed by atoms with Gasteiger partial charge in [0.25, 0.3) is 0 Å². The first-order chi connectivity index (χ1) is 10.1. The summed E-state index contributed by atoms with van der Waals surface area (Å²) in [4.78, 5) is 12.5. The summed E-state index contributed by atoms with van der Waals surface area (Å²) in [5.41, 5.74) is 3.37. The lowest BCUT2D eigenvalue weighted by Gasteiger charge is -2.23. The van der Waals surface area contributed by atoms with E-state index in [1.165, 1.54) is 23.3 Å². The quantitative estimate of drug-likeness (QED) is 0.799. The van der Waals surface area contributed by atoms with Gasteiger partial charge >= 0.3 is 0 Å². The van der Waals surface area contributed by atoms with Gasteiger partial charge in [0.15, 0.2) is 0 Å². The molecule has 0 amide bonds. The Hall–Kier alpha value is -1.48. The number of rotatable bonds is 3. The smallest absolute Gasteiger partial charge is 0.140 e. The molecule has 1 unspecified atom stereocenters. The van der Waals surface area contributed by atoms with Crippen LogP contribution in [0.5, 0.6) is 0 Å². The molecule has 0 aromatic heterocycles. The fourth-order valence-corrected chi connectivity index (χ4v) is 3.37. The molecule has 0 heterocycles. The van der Waals surface area contributed by atoms with E-state index < -0.39 is 0 Å². The van der Waals surface area contributed by atoms with Gasteiger partial charge in [-0.25, -0.2) is 4.39 Å². The number of ketones is 1. The van der Waals surface area contributed by atoms with Crippen LogP contribution in [-0.2, 0) is 24.1 Å². The van der Waals surface area contributed by atoms with E-state index in [0.717, 1.165) is 29.3 Å². The Morgan fingerprint density at radius 1 is 1.19 bits per heavy atom. The second-order valence-electron chi connectivity index (χ2n) is 5.59. The van der Waals surface area contributed by atoms with Crippen molar-refractivity contribution in [2.24, 2.45) is 5.92 Å². The summed E-state index contributed by atoms with van der Waals surface area (Å²) in [6, 6.07) is 12.8. The van der Waals surface area contributed by atoms with Gasteiger partial charge in [0.1, 0.15) is 11.6 Å². The van der Waals surface area contributed by atoms with E-state index in [4.69, 9.17) is 0 Å². The van der Waals surface area contributed by atoms with Crippen LogP contribution in [0.25, 0.3) is 0 Å². The van der Waals surface area contributed by atoms with Crippen molar-refractivity contribution in [2.45, 2.75) is 25.7 Å². The van der Waals surface area contributed by atoms with Crippen LogP contribution in [0.2, 0.25) is 0 Å². The molecule has 3 rings (SSSR count). The molecule has 108 valence electrons. The molecule has 0 bridgehead atoms. The number of hydrogen-bond donors (Lipinski definition) is 0. The van der Waals surface area contributed by atoms with Gasteiger partial charge in [-0.2, -0.15) is 0 Å². The first-order valence-corrected chi connectivity index (χ1v) is 7.96. The summed E-state index contributed by atoms with van der Waals surface area (Å²) in [7, 11) is 0. The van der Waals surface area contributed by atoms with E-state index in [2.05, 4.69) is 28.1 Å². The number of carbonyl (C=O) groups is 1. The molecule has 2 aromatic rings. The van der Waals surface area contributed by atoms with Gasteiger partial charge in [0, 0.05) is 16.8 Å². The lowest BCUT2D eigenvalue weighted by Crippen LogP contribution is -2.24. The number of aryl methyl sites for hydroxylation is 1. The average molecular weight is 347 g/mol. The van der Waals surface area contributed by atoms with E-state index in [-0.39, 0.29) is 17.5 Å². The maximum absolute atomic E-state index is 13.3. The van der Waals surface area contributed by atoms with E-state index >= 15 is 0 Å². The molecule has 0 fully saturated rings. The summed E-state index contributed by atoms with van der Waals surface area (Å²) in [5, 5.41) is 0. The Balaban J connectivity index is 1.74. The van der Waals surface area contributed by atoms with Gasteiger partial charge in [-0.1, -0.05) is 40.2 Å². The fourth-order valence-electron chi connectivity index (χ4n) is 2.98. The minimum atomic E-state index is -0.296. The van der Waals surface area contributed by atoms with Crippen LogP contribution in [0.4, 0.5) is 4.39 Å². The zero-order chi connectivity index (χ0) is 14.8. The van der Waals surface area contributed by atoms with Crippen LogP contribution in [0, 0.1) is 11.7 Å². The lowest BCUT2D eigenvalue weighted by atomic mass is 9.80. The minimum absolute atomic E-state index is 0.0510. The topological polar surface area (TPSA) is 17.1 Å². The van der Waals surface area contributed by atoms with Crippen LogP contribution in [0.15, 0.2) is 46.9 Å². The summed E-state index contributed by atoms with van der Waals surface area (Å²) in [5.74, 6) is -0.0409. The highest BCUT2D eigenvalue weighted by Gasteiger charge is 2.24. The molecule has 0 aliphatic heterocycles. The SMILES string of the molecule is O=C(Cc1cc(F)ccc1Br)C1CCc2ccccc2C1. The Labute approximate surface area is 132 Å². The minimum Gasteiger partial charge on any atom is -0.299 e. The molecule has 2 aromatic carbocycles. The number of benzene rings is 2. The number of carbonyl (C=O) groups excluding carboxylic acids is 1. The molecule has 0 N–H and O–H groups in total. The van der Waals surface area contributed by atoms with Crippen LogP contribution in [-0.4, -0.2) is 5.78 Å². The zero-order valence-electron chi connectivity index (χ0n) is 11.6. The van der Waals surface area contributed by atoms with Crippen molar-refractivity contribution >= 4 is 21.7 Å². The molecular formula is C18H16BrFO. The van der Waals surface area contributed by atoms with Crippen molar-refractivity contribution in [3.05, 3.63) is 69.4 Å². The largest absolute Gasteiger partial charge is 0.299 e. The maximum Gasteiger partial charge on any atom is 0.140 e. The standard InChI is InChI=1S/C18H16BrFO/c19-17-8-7-16(20)10-15(17)11-18(21)14-6-5-12-3-1-2-4-13(12)9-14/h1-4,7-8,10,14H,5-6,9,11H2. The highest BCUT2D eigenvalue weighted by Crippen LogP contribution is 2.28. The van der Waals surface area contributed by atoms with Crippen molar-refractivity contribution in [3.8, 4) is 0 Å². The number of hydrogen-bond acceptors (Lipinski definition) is 1. The normalized spacial score (nSPS) is 17.3. The lowest BCUT2D eigenvalue weighted by molar-refractivity contribution is -0.122. The molecule has 0 radical (unpaired) electrons. The van der Waals surface area contributed by atoms with Gasteiger partial charge in [-0.05, 0) is 54.2 Å². The zero-order valence-corrected chi connectivity index (χ0v) is 13.2. The predicted molar refractivity (Wildman–Crippen MR) is 84.8 cm³/mol. The maximum atomic E-state index is 13.3. The third-order valence-corrected chi connectivity index (χ3v) is 4.95. The molecule has 1 atom stereocenters. The van der Waals surface area contributed by atoms with E-state index in [1.807, 2.05) is 12.1 Å². The highest BCUT2D eigenvalue weighted by atomic mass is 79.9. The molecule has 3 heteroatoms. The van der Waals surface area contributed by atoms with Crippen LogP contribution in [0.3, 0.4) is 0 Å². The summed E-state index contributed by atoms with van der Waals surface area (Å²) < 4.78 is 14.1. The van der Waals surface area contributed by atoms with Gasteiger partial charge in [-0.3, -0.25) is 4.79 Å². The molecule has 1 aliphatic carbocycles. The third kappa shape index (κ3) is 3.24. The van der Waals surface area contributed by atoms with Gasteiger partial charge < -0.3 is 0 Å². The fraction of sp³-hybridized carbons (Fsp3) is 0.278. The Morgan fingerprint density at radius 2 is 1.95 bits per heavy atom. The molecule has 0 saturated heterocycles. The summed E-state index contributed by atoms with van der Waals surface area (Å²) in [6.45, 7) is 0. The van der Waals surface area contributed by atoms with Crippen LogP contribution in [0.1, 0.15) is 23.1 Å². The molecular weight excluding hydrogens is 331 g/mol. The second kappa shape index (κ2) is 6.10. The van der Waals surface area contributed by atoms with Crippen molar-refractivity contribution in [2.75, 3.05) is 0 Å². The van der Waals surface area contributed by atoms with Crippen molar-refractivity contribution in [1.82, 2.24) is 0 Å². The summed E-state index contributed by atoms with van der Waals surface area (Å²) in [6.07, 6.45) is 2.95.